The van der Waals surface area contributed by atoms with E-state index in [-0.39, 0.29) is 19.1 Å². The van der Waals surface area contributed by atoms with Crippen LogP contribution in [0.25, 0.3) is 28.0 Å². The van der Waals surface area contributed by atoms with E-state index >= 15 is 0 Å². The van der Waals surface area contributed by atoms with Gasteiger partial charge in [0, 0.05) is 17.8 Å². The van der Waals surface area contributed by atoms with Crippen LogP contribution < -0.4 is 5.32 Å². The lowest BCUT2D eigenvalue weighted by atomic mass is 9.76. The van der Waals surface area contributed by atoms with Crippen molar-refractivity contribution < 1.29 is 33.2 Å². The van der Waals surface area contributed by atoms with Crippen LogP contribution in [0.3, 0.4) is 0 Å². The standard InChI is InChI=1S/C36H32BNO7/c1-35(2)36(3,4)45-37(44-35)22(18-21-16-17-29-31-23(21)14-9-15-28(31)32(39)43-33(29)40)19-38-34(41)42-20-30-26-12-7-5-10-24(26)25-11-6-8-13-27(25)30/h5-18,30H,19-20H2,1-4H3,(H,38,41). The summed E-state index contributed by atoms with van der Waals surface area (Å²) < 4.78 is 23.4. The number of alkyl carbamates (subject to hydrolysis) is 1. The summed E-state index contributed by atoms with van der Waals surface area (Å²) >= 11 is 0. The van der Waals surface area contributed by atoms with E-state index in [0.29, 0.717) is 27.4 Å². The highest BCUT2D eigenvalue weighted by Gasteiger charge is 2.52. The second-order valence-electron chi connectivity index (χ2n) is 12.6. The Labute approximate surface area is 261 Å². The number of carbonyl (C=O) groups excluding carboxylic acids is 3. The first-order valence-corrected chi connectivity index (χ1v) is 15.0. The van der Waals surface area contributed by atoms with E-state index in [4.69, 9.17) is 18.8 Å². The molecule has 4 aromatic rings. The van der Waals surface area contributed by atoms with E-state index in [1.165, 1.54) is 0 Å². The van der Waals surface area contributed by atoms with E-state index < -0.39 is 36.4 Å². The Kier molecular flexibility index (Phi) is 6.91. The van der Waals surface area contributed by atoms with Crippen LogP contribution >= 0.6 is 0 Å². The lowest BCUT2D eigenvalue weighted by molar-refractivity contribution is 0.00578. The fourth-order valence-corrected chi connectivity index (χ4v) is 6.31. The Balaban J connectivity index is 1.16. The predicted octanol–water partition coefficient (Wildman–Crippen LogP) is 6.70. The van der Waals surface area contributed by atoms with Gasteiger partial charge in [-0.25, -0.2) is 14.4 Å². The summed E-state index contributed by atoms with van der Waals surface area (Å²) in [5.41, 5.74) is 5.38. The van der Waals surface area contributed by atoms with Gasteiger partial charge in [-0.15, -0.1) is 0 Å². The molecule has 2 aliphatic heterocycles. The van der Waals surface area contributed by atoms with Gasteiger partial charge in [-0.1, -0.05) is 72.8 Å². The van der Waals surface area contributed by atoms with Crippen molar-refractivity contribution in [1.82, 2.24) is 5.32 Å². The molecule has 0 aromatic heterocycles. The van der Waals surface area contributed by atoms with Crippen LogP contribution in [0.15, 0.2) is 84.3 Å². The van der Waals surface area contributed by atoms with Crippen molar-refractivity contribution in [2.24, 2.45) is 0 Å². The molecule has 4 aromatic carbocycles. The van der Waals surface area contributed by atoms with Gasteiger partial charge in [0.1, 0.15) is 6.61 Å². The minimum atomic E-state index is -0.763. The molecule has 1 aliphatic carbocycles. The first kappa shape index (κ1) is 29.0. The highest BCUT2D eigenvalue weighted by Crippen LogP contribution is 2.44. The largest absolute Gasteiger partial charge is 0.492 e. The van der Waals surface area contributed by atoms with Crippen molar-refractivity contribution in [3.05, 3.63) is 112 Å². The molecule has 1 amide bonds. The second kappa shape index (κ2) is 10.7. The van der Waals surface area contributed by atoms with Gasteiger partial charge in [0.05, 0.1) is 22.3 Å². The van der Waals surface area contributed by atoms with Crippen LogP contribution in [-0.4, -0.2) is 49.5 Å². The first-order valence-electron chi connectivity index (χ1n) is 15.0. The van der Waals surface area contributed by atoms with E-state index in [0.717, 1.165) is 27.8 Å². The zero-order valence-corrected chi connectivity index (χ0v) is 25.5. The number of ether oxygens (including phenoxy) is 2. The smallest absolute Gasteiger partial charge is 0.449 e. The molecule has 3 aliphatic rings. The summed E-state index contributed by atoms with van der Waals surface area (Å²) in [5.74, 6) is -1.42. The van der Waals surface area contributed by atoms with Gasteiger partial charge in [-0.3, -0.25) is 0 Å². The van der Waals surface area contributed by atoms with Crippen LogP contribution in [0.4, 0.5) is 4.79 Å². The molecule has 1 fully saturated rings. The van der Waals surface area contributed by atoms with Crippen molar-refractivity contribution in [2.45, 2.75) is 44.8 Å². The Morgan fingerprint density at radius 3 is 2.02 bits per heavy atom. The molecular formula is C36H32BNO7. The average Bonchev–Trinajstić information content (AvgIpc) is 3.45. The number of rotatable bonds is 6. The highest BCUT2D eigenvalue weighted by molar-refractivity contribution is 6.56. The fraction of sp³-hybridized carbons (Fsp3) is 0.250. The number of amides is 1. The molecule has 2 heterocycles. The molecule has 226 valence electrons. The van der Waals surface area contributed by atoms with E-state index in [9.17, 15) is 14.4 Å². The molecule has 0 spiro atoms. The molecule has 7 rings (SSSR count). The predicted molar refractivity (Wildman–Crippen MR) is 171 cm³/mol. The normalized spacial score (nSPS) is 18.0. The zero-order valence-electron chi connectivity index (χ0n) is 25.5. The molecule has 8 nitrogen and oxygen atoms in total. The molecule has 9 heteroatoms. The van der Waals surface area contributed by atoms with Crippen molar-refractivity contribution in [3.8, 4) is 11.1 Å². The quantitative estimate of drug-likeness (QED) is 0.149. The molecule has 0 unspecified atom stereocenters. The molecule has 0 radical (unpaired) electrons. The Bertz CT molecular complexity index is 1850. The Morgan fingerprint density at radius 1 is 0.800 bits per heavy atom. The van der Waals surface area contributed by atoms with Crippen LogP contribution in [-0.2, 0) is 18.8 Å². The van der Waals surface area contributed by atoms with Gasteiger partial charge in [-0.2, -0.15) is 0 Å². The SMILES string of the molecule is CC1(C)OB(C(=Cc2ccc3c4c(cccc24)C(=O)OC3=O)CNC(=O)OCC2c3ccccc3-c3ccccc32)OC1(C)C. The van der Waals surface area contributed by atoms with Gasteiger partial charge in [-0.05, 0) is 78.5 Å². The van der Waals surface area contributed by atoms with E-state index in [1.807, 2.05) is 64.1 Å². The lowest BCUT2D eigenvalue weighted by Gasteiger charge is -2.32. The summed E-state index contributed by atoms with van der Waals surface area (Å²) in [4.78, 5) is 38.1. The maximum atomic E-state index is 13.1. The number of fused-ring (bicyclic) bond motifs is 3. The van der Waals surface area contributed by atoms with E-state index in [1.54, 1.807) is 24.3 Å². The van der Waals surface area contributed by atoms with Crippen LogP contribution in [0.5, 0.6) is 0 Å². The van der Waals surface area contributed by atoms with E-state index in [2.05, 4.69) is 29.6 Å². The number of carbonyl (C=O) groups is 3. The monoisotopic (exact) mass is 601 g/mol. The van der Waals surface area contributed by atoms with Gasteiger partial charge in [0.25, 0.3) is 0 Å². The summed E-state index contributed by atoms with van der Waals surface area (Å²) in [5, 5.41) is 4.13. The Hall–Kier alpha value is -4.73. The molecule has 1 saturated heterocycles. The number of hydrogen-bond donors (Lipinski definition) is 1. The number of hydrogen-bond acceptors (Lipinski definition) is 7. The molecule has 1 N–H and O–H groups in total. The maximum absolute atomic E-state index is 13.1. The molecular weight excluding hydrogens is 569 g/mol. The number of cyclic esters (lactones) is 2. The van der Waals surface area contributed by atoms with Crippen LogP contribution in [0, 0.1) is 0 Å². The van der Waals surface area contributed by atoms with Crippen molar-refractivity contribution in [3.63, 3.8) is 0 Å². The second-order valence-corrected chi connectivity index (χ2v) is 12.6. The van der Waals surface area contributed by atoms with Gasteiger partial charge in [0.15, 0.2) is 0 Å². The fourth-order valence-electron chi connectivity index (χ4n) is 6.31. The lowest BCUT2D eigenvalue weighted by Crippen LogP contribution is -2.41. The van der Waals surface area contributed by atoms with Gasteiger partial charge >= 0.3 is 25.2 Å². The molecule has 0 bridgehead atoms. The molecule has 0 saturated carbocycles. The van der Waals surface area contributed by atoms with Crippen LogP contribution in [0.1, 0.15) is 71.0 Å². The zero-order chi connectivity index (χ0) is 31.5. The number of esters is 2. The van der Waals surface area contributed by atoms with Crippen molar-refractivity contribution >= 4 is 42.0 Å². The summed E-state index contributed by atoms with van der Waals surface area (Å²) in [6.45, 7) is 8.12. The van der Waals surface area contributed by atoms with Gasteiger partial charge in [0.2, 0.25) is 0 Å². The molecule has 0 atom stereocenters. The third kappa shape index (κ3) is 4.92. The van der Waals surface area contributed by atoms with Crippen molar-refractivity contribution in [2.75, 3.05) is 13.2 Å². The van der Waals surface area contributed by atoms with Crippen molar-refractivity contribution in [1.29, 1.82) is 0 Å². The minimum absolute atomic E-state index is 0.0618. The minimum Gasteiger partial charge on any atom is -0.449 e. The maximum Gasteiger partial charge on any atom is 0.492 e. The molecule has 45 heavy (non-hydrogen) atoms. The summed E-state index contributed by atoms with van der Waals surface area (Å²) in [7, 11) is -0.763. The average molecular weight is 601 g/mol. The summed E-state index contributed by atoms with van der Waals surface area (Å²) in [6.07, 6.45) is 1.31. The third-order valence-corrected chi connectivity index (χ3v) is 9.38. The summed E-state index contributed by atoms with van der Waals surface area (Å²) in [6, 6.07) is 25.0. The topological polar surface area (TPSA) is 100 Å². The Morgan fingerprint density at radius 2 is 1.38 bits per heavy atom. The third-order valence-electron chi connectivity index (χ3n) is 9.38. The van der Waals surface area contributed by atoms with Gasteiger partial charge < -0.3 is 24.1 Å². The van der Waals surface area contributed by atoms with Crippen LogP contribution in [0.2, 0.25) is 0 Å². The first-order chi connectivity index (χ1) is 21.5. The highest BCUT2D eigenvalue weighted by atomic mass is 16.7. The number of nitrogens with one attached hydrogen (secondary N) is 1. The number of benzene rings is 4.